The summed E-state index contributed by atoms with van der Waals surface area (Å²) in [4.78, 5) is 4.55. The number of methoxy groups -OCH3 is 1. The molecule has 2 rings (SSSR count). The fourth-order valence-electron chi connectivity index (χ4n) is 2.94. The molecule has 4 nitrogen and oxygen atoms in total. The molecule has 1 unspecified atom stereocenters. The van der Waals surface area contributed by atoms with E-state index in [4.69, 9.17) is 16.2 Å². The molecular weight excluding hydrogens is 289 g/mol. The number of aliphatic imine (C=N–C) groups is 1. The summed E-state index contributed by atoms with van der Waals surface area (Å²) in [5, 5.41) is 0.442. The fourth-order valence-corrected chi connectivity index (χ4v) is 4.23. The van der Waals surface area contributed by atoms with Crippen molar-refractivity contribution >= 4 is 22.6 Å². The van der Waals surface area contributed by atoms with Gasteiger partial charge < -0.3 is 16.2 Å². The SMILES string of the molecule is COC[C@@]1(C)SC(N)=N[C@](C)(c2cc(N)ccc2F)C1C. The summed E-state index contributed by atoms with van der Waals surface area (Å²) in [6.07, 6.45) is 0. The predicted molar refractivity (Wildman–Crippen MR) is 86.8 cm³/mol. The predicted octanol–water partition coefficient (Wildman–Crippen LogP) is 2.73. The lowest BCUT2D eigenvalue weighted by Crippen LogP contribution is -2.50. The Morgan fingerprint density at radius 1 is 1.38 bits per heavy atom. The molecule has 0 saturated heterocycles. The van der Waals surface area contributed by atoms with Crippen LogP contribution in [0.2, 0.25) is 0 Å². The van der Waals surface area contributed by atoms with E-state index < -0.39 is 5.54 Å². The Bertz CT molecular complexity index is 580. The van der Waals surface area contributed by atoms with E-state index in [2.05, 4.69) is 11.9 Å². The Kier molecular flexibility index (Phi) is 4.22. The summed E-state index contributed by atoms with van der Waals surface area (Å²) in [6, 6.07) is 4.57. The van der Waals surface area contributed by atoms with E-state index in [-0.39, 0.29) is 16.5 Å². The van der Waals surface area contributed by atoms with Crippen LogP contribution in [0, 0.1) is 11.7 Å². The Hall–Kier alpha value is -1.27. The smallest absolute Gasteiger partial charge is 0.155 e. The van der Waals surface area contributed by atoms with Crippen LogP contribution in [0.25, 0.3) is 0 Å². The molecule has 1 aliphatic heterocycles. The van der Waals surface area contributed by atoms with Gasteiger partial charge in [-0.1, -0.05) is 18.7 Å². The lowest BCUT2D eigenvalue weighted by Gasteiger charge is -2.47. The van der Waals surface area contributed by atoms with E-state index in [0.29, 0.717) is 23.0 Å². The fraction of sp³-hybridized carbons (Fsp3) is 0.533. The molecule has 0 spiro atoms. The number of benzene rings is 1. The Morgan fingerprint density at radius 2 is 2.05 bits per heavy atom. The molecule has 1 aliphatic rings. The van der Waals surface area contributed by atoms with Crippen LogP contribution in [0.1, 0.15) is 26.3 Å². The largest absolute Gasteiger partial charge is 0.399 e. The molecule has 0 saturated carbocycles. The molecule has 1 aromatic carbocycles. The van der Waals surface area contributed by atoms with Crippen LogP contribution in [0.4, 0.5) is 10.1 Å². The van der Waals surface area contributed by atoms with Crippen molar-refractivity contribution in [3.05, 3.63) is 29.6 Å². The third-order valence-electron chi connectivity index (χ3n) is 4.41. The van der Waals surface area contributed by atoms with Crippen LogP contribution in [-0.4, -0.2) is 23.6 Å². The van der Waals surface area contributed by atoms with Gasteiger partial charge in [0, 0.05) is 29.0 Å². The van der Waals surface area contributed by atoms with Crippen molar-refractivity contribution in [3.8, 4) is 0 Å². The van der Waals surface area contributed by atoms with Crippen LogP contribution in [0.5, 0.6) is 0 Å². The van der Waals surface area contributed by atoms with Crippen LogP contribution in [0.15, 0.2) is 23.2 Å². The van der Waals surface area contributed by atoms with Gasteiger partial charge in [0.25, 0.3) is 0 Å². The van der Waals surface area contributed by atoms with Gasteiger partial charge in [0.05, 0.1) is 12.1 Å². The molecule has 0 radical (unpaired) electrons. The number of hydrogen-bond donors (Lipinski definition) is 2. The van der Waals surface area contributed by atoms with E-state index in [9.17, 15) is 4.39 Å². The van der Waals surface area contributed by atoms with Crippen molar-refractivity contribution in [2.45, 2.75) is 31.1 Å². The summed E-state index contributed by atoms with van der Waals surface area (Å²) in [7, 11) is 1.65. The number of nitrogens with two attached hydrogens (primary N) is 2. The number of amidine groups is 1. The van der Waals surface area contributed by atoms with E-state index in [1.807, 2.05) is 13.8 Å². The molecule has 0 fully saturated rings. The van der Waals surface area contributed by atoms with E-state index in [0.717, 1.165) is 0 Å². The van der Waals surface area contributed by atoms with Gasteiger partial charge in [-0.2, -0.15) is 0 Å². The number of thioether (sulfide) groups is 1. The van der Waals surface area contributed by atoms with Crippen molar-refractivity contribution in [3.63, 3.8) is 0 Å². The highest BCUT2D eigenvalue weighted by molar-refractivity contribution is 8.15. The van der Waals surface area contributed by atoms with Gasteiger partial charge in [-0.3, -0.25) is 4.99 Å². The van der Waals surface area contributed by atoms with Crippen molar-refractivity contribution < 1.29 is 9.13 Å². The van der Waals surface area contributed by atoms with Crippen LogP contribution >= 0.6 is 11.8 Å². The van der Waals surface area contributed by atoms with Gasteiger partial charge in [0.1, 0.15) is 5.82 Å². The second-order valence-electron chi connectivity index (χ2n) is 5.91. The first-order valence-corrected chi connectivity index (χ1v) is 7.63. The van der Waals surface area contributed by atoms with Gasteiger partial charge in [0.2, 0.25) is 0 Å². The van der Waals surface area contributed by atoms with E-state index in [1.54, 1.807) is 19.2 Å². The van der Waals surface area contributed by atoms with Gasteiger partial charge >= 0.3 is 0 Å². The summed E-state index contributed by atoms with van der Waals surface area (Å²) < 4.78 is 19.4. The normalized spacial score (nSPS) is 32.8. The summed E-state index contributed by atoms with van der Waals surface area (Å²) in [6.45, 7) is 6.52. The minimum atomic E-state index is -0.776. The summed E-state index contributed by atoms with van der Waals surface area (Å²) in [5.41, 5.74) is 12.0. The number of ether oxygens (including phenoxy) is 1. The molecule has 3 atom stereocenters. The number of anilines is 1. The zero-order chi connectivity index (χ0) is 15.8. The zero-order valence-electron chi connectivity index (χ0n) is 12.8. The Morgan fingerprint density at radius 3 is 2.67 bits per heavy atom. The van der Waals surface area contributed by atoms with E-state index in [1.165, 1.54) is 17.8 Å². The minimum Gasteiger partial charge on any atom is -0.399 e. The number of nitrogen functional groups attached to an aromatic ring is 1. The maximum Gasteiger partial charge on any atom is 0.155 e. The second kappa shape index (κ2) is 5.50. The highest BCUT2D eigenvalue weighted by Gasteiger charge is 2.50. The average molecular weight is 311 g/mol. The van der Waals surface area contributed by atoms with Gasteiger partial charge in [-0.05, 0) is 32.0 Å². The zero-order valence-corrected chi connectivity index (χ0v) is 13.6. The molecule has 0 amide bonds. The molecule has 21 heavy (non-hydrogen) atoms. The first-order valence-electron chi connectivity index (χ1n) is 6.82. The molecule has 4 N–H and O–H groups in total. The Labute approximate surface area is 129 Å². The number of rotatable bonds is 3. The quantitative estimate of drug-likeness (QED) is 0.842. The van der Waals surface area contributed by atoms with Crippen molar-refractivity contribution in [1.82, 2.24) is 0 Å². The first kappa shape index (κ1) is 16.1. The van der Waals surface area contributed by atoms with Gasteiger partial charge in [-0.15, -0.1) is 0 Å². The molecular formula is C15H22FN3OS. The molecule has 116 valence electrons. The van der Waals surface area contributed by atoms with Crippen LogP contribution in [0.3, 0.4) is 0 Å². The third kappa shape index (κ3) is 2.74. The van der Waals surface area contributed by atoms with E-state index >= 15 is 0 Å². The molecule has 0 aliphatic carbocycles. The second-order valence-corrected chi connectivity index (χ2v) is 7.46. The molecule has 0 bridgehead atoms. The average Bonchev–Trinajstić information content (AvgIpc) is 2.39. The lowest BCUT2D eigenvalue weighted by atomic mass is 9.74. The molecule has 1 aromatic rings. The first-order chi connectivity index (χ1) is 9.73. The lowest BCUT2D eigenvalue weighted by molar-refractivity contribution is 0.124. The van der Waals surface area contributed by atoms with Crippen LogP contribution < -0.4 is 11.5 Å². The van der Waals surface area contributed by atoms with Crippen molar-refractivity contribution in [2.24, 2.45) is 16.6 Å². The topological polar surface area (TPSA) is 73.6 Å². The molecule has 1 heterocycles. The highest BCUT2D eigenvalue weighted by Crippen LogP contribution is 2.50. The van der Waals surface area contributed by atoms with Crippen molar-refractivity contribution in [1.29, 1.82) is 0 Å². The van der Waals surface area contributed by atoms with Gasteiger partial charge in [-0.25, -0.2) is 4.39 Å². The number of halogens is 1. The summed E-state index contributed by atoms with van der Waals surface area (Å²) >= 11 is 1.48. The maximum absolute atomic E-state index is 14.3. The number of nitrogens with zero attached hydrogens (tertiary/aromatic N) is 1. The monoisotopic (exact) mass is 311 g/mol. The highest BCUT2D eigenvalue weighted by atomic mass is 32.2. The third-order valence-corrected chi connectivity index (χ3v) is 5.64. The van der Waals surface area contributed by atoms with Crippen LogP contribution in [-0.2, 0) is 10.3 Å². The van der Waals surface area contributed by atoms with Crippen molar-refractivity contribution in [2.75, 3.05) is 19.5 Å². The minimum absolute atomic E-state index is 0.0125. The Balaban J connectivity index is 2.58. The number of hydrogen-bond acceptors (Lipinski definition) is 5. The molecule has 6 heteroatoms. The maximum atomic E-state index is 14.3. The standard InChI is InChI=1S/C15H22FN3OS/c1-9-14(2,8-20-4)21-13(18)19-15(9,3)11-7-10(17)5-6-12(11)16/h5-7,9H,8,17H2,1-4H3,(H2,18,19)/t9?,14-,15+/m1/s1. The van der Waals surface area contributed by atoms with Gasteiger partial charge in [0.15, 0.2) is 5.17 Å². The summed E-state index contributed by atoms with van der Waals surface area (Å²) in [5.74, 6) is -0.305. The molecule has 0 aromatic heterocycles.